The largest absolute Gasteiger partial charge is 0.381 e. The van der Waals surface area contributed by atoms with Gasteiger partial charge in [-0.2, -0.15) is 0 Å². The number of nitrogens with zero attached hydrogens (tertiary/aromatic N) is 1. The van der Waals surface area contributed by atoms with Crippen molar-refractivity contribution in [2.75, 3.05) is 44.9 Å². The van der Waals surface area contributed by atoms with Gasteiger partial charge in [0.2, 0.25) is 5.91 Å². The third kappa shape index (κ3) is 5.22. The van der Waals surface area contributed by atoms with Crippen LogP contribution in [0.4, 0.5) is 0 Å². The lowest BCUT2D eigenvalue weighted by atomic mass is 9.74. The number of benzene rings is 1. The van der Waals surface area contributed by atoms with Crippen molar-refractivity contribution in [1.29, 1.82) is 0 Å². The van der Waals surface area contributed by atoms with E-state index in [0.29, 0.717) is 31.2 Å². The normalized spacial score (nSPS) is 24.0. The van der Waals surface area contributed by atoms with Crippen LogP contribution in [0.2, 0.25) is 5.02 Å². The summed E-state index contributed by atoms with van der Waals surface area (Å²) in [5.74, 6) is 0.261. The zero-order valence-corrected chi connectivity index (χ0v) is 17.2. The van der Waals surface area contributed by atoms with E-state index < -0.39 is 9.84 Å². The maximum absolute atomic E-state index is 12.5. The molecule has 0 radical (unpaired) electrons. The summed E-state index contributed by atoms with van der Waals surface area (Å²) in [6.45, 7) is 2.03. The predicted molar refractivity (Wildman–Crippen MR) is 106 cm³/mol. The Morgan fingerprint density at radius 2 is 2.11 bits per heavy atom. The van der Waals surface area contributed by atoms with Crippen LogP contribution < -0.4 is 5.32 Å². The fourth-order valence-electron chi connectivity index (χ4n) is 3.95. The maximum atomic E-state index is 12.5. The number of rotatable bonds is 6. The standard InChI is InChI=1S/C19H27ClN2O4S/c1-22(17-5-10-27(24,25)13-17)12-18(23)21-14-19(6-8-26-9-7-19)15-3-2-4-16(20)11-15/h2-4,11,17H,5-10,12-14H2,1H3,(H,21,23). The third-order valence-electron chi connectivity index (χ3n) is 5.74. The van der Waals surface area contributed by atoms with Gasteiger partial charge in [0.15, 0.2) is 9.84 Å². The zero-order valence-electron chi connectivity index (χ0n) is 15.6. The van der Waals surface area contributed by atoms with E-state index in [1.165, 1.54) is 0 Å². The lowest BCUT2D eigenvalue weighted by molar-refractivity contribution is -0.122. The van der Waals surface area contributed by atoms with Crippen LogP contribution in [0.3, 0.4) is 0 Å². The average molecular weight is 415 g/mol. The summed E-state index contributed by atoms with van der Waals surface area (Å²) in [5.41, 5.74) is 0.933. The highest BCUT2D eigenvalue weighted by atomic mass is 35.5. The molecule has 1 atom stereocenters. The predicted octanol–water partition coefficient (Wildman–Crippen LogP) is 1.62. The monoisotopic (exact) mass is 414 g/mol. The first-order valence-electron chi connectivity index (χ1n) is 9.31. The molecular weight excluding hydrogens is 388 g/mol. The van der Waals surface area contributed by atoms with Crippen molar-refractivity contribution in [3.8, 4) is 0 Å². The maximum Gasteiger partial charge on any atom is 0.234 e. The molecule has 0 spiro atoms. The first-order chi connectivity index (χ1) is 12.8. The summed E-state index contributed by atoms with van der Waals surface area (Å²) in [7, 11) is -1.14. The molecule has 150 valence electrons. The fourth-order valence-corrected chi connectivity index (χ4v) is 5.95. The molecule has 0 aromatic heterocycles. The van der Waals surface area contributed by atoms with Gasteiger partial charge in [0.05, 0.1) is 18.1 Å². The number of nitrogens with one attached hydrogen (secondary N) is 1. The molecule has 1 aromatic rings. The molecule has 2 heterocycles. The van der Waals surface area contributed by atoms with Crippen molar-refractivity contribution in [1.82, 2.24) is 10.2 Å². The van der Waals surface area contributed by atoms with Crippen molar-refractivity contribution in [2.45, 2.75) is 30.7 Å². The van der Waals surface area contributed by atoms with Crippen LogP contribution in [0.15, 0.2) is 24.3 Å². The minimum Gasteiger partial charge on any atom is -0.381 e. The lowest BCUT2D eigenvalue weighted by Crippen LogP contribution is -2.48. The molecule has 1 aromatic carbocycles. The smallest absolute Gasteiger partial charge is 0.234 e. The van der Waals surface area contributed by atoms with Gasteiger partial charge in [-0.3, -0.25) is 9.69 Å². The van der Waals surface area contributed by atoms with Crippen molar-refractivity contribution < 1.29 is 17.9 Å². The molecule has 6 nitrogen and oxygen atoms in total. The van der Waals surface area contributed by atoms with E-state index in [1.807, 2.05) is 30.1 Å². The van der Waals surface area contributed by atoms with Gasteiger partial charge in [0.1, 0.15) is 0 Å². The fraction of sp³-hybridized carbons (Fsp3) is 0.632. The van der Waals surface area contributed by atoms with Gasteiger partial charge in [-0.05, 0) is 44.0 Å². The van der Waals surface area contributed by atoms with Crippen LogP contribution in [0.25, 0.3) is 0 Å². The first-order valence-corrected chi connectivity index (χ1v) is 11.5. The molecule has 2 aliphatic rings. The van der Waals surface area contributed by atoms with Crippen molar-refractivity contribution in [3.63, 3.8) is 0 Å². The summed E-state index contributed by atoms with van der Waals surface area (Å²) in [6.07, 6.45) is 2.24. The molecule has 8 heteroatoms. The number of hydrogen-bond donors (Lipinski definition) is 1. The highest BCUT2D eigenvalue weighted by Gasteiger charge is 2.36. The zero-order chi connectivity index (χ0) is 19.5. The molecule has 1 unspecified atom stereocenters. The van der Waals surface area contributed by atoms with Gasteiger partial charge in [0, 0.05) is 36.2 Å². The van der Waals surface area contributed by atoms with E-state index in [0.717, 1.165) is 18.4 Å². The van der Waals surface area contributed by atoms with Crippen LogP contribution >= 0.6 is 11.6 Å². The van der Waals surface area contributed by atoms with E-state index in [2.05, 4.69) is 11.4 Å². The molecule has 2 fully saturated rings. The number of hydrogen-bond acceptors (Lipinski definition) is 5. The molecule has 27 heavy (non-hydrogen) atoms. The Morgan fingerprint density at radius 3 is 2.74 bits per heavy atom. The SMILES string of the molecule is CN(CC(=O)NCC1(c2cccc(Cl)c2)CCOCC1)C1CCS(=O)(=O)C1. The summed E-state index contributed by atoms with van der Waals surface area (Å²) >= 11 is 6.18. The number of amides is 1. The van der Waals surface area contributed by atoms with Crippen molar-refractivity contribution in [2.24, 2.45) is 0 Å². The highest BCUT2D eigenvalue weighted by Crippen LogP contribution is 2.35. The Balaban J connectivity index is 1.61. The first kappa shape index (κ1) is 20.6. The number of carbonyl (C=O) groups is 1. The van der Waals surface area contributed by atoms with Crippen LogP contribution in [0.5, 0.6) is 0 Å². The Hall–Kier alpha value is -1.15. The lowest BCUT2D eigenvalue weighted by Gasteiger charge is -2.38. The van der Waals surface area contributed by atoms with E-state index in [4.69, 9.17) is 16.3 Å². The number of halogens is 1. The minimum atomic E-state index is -2.96. The number of carbonyl (C=O) groups excluding carboxylic acids is 1. The van der Waals surface area contributed by atoms with Crippen molar-refractivity contribution >= 4 is 27.3 Å². The average Bonchev–Trinajstić information content (AvgIpc) is 3.01. The van der Waals surface area contributed by atoms with Gasteiger partial charge in [0.25, 0.3) is 0 Å². The summed E-state index contributed by atoms with van der Waals surface area (Å²) in [6, 6.07) is 7.73. The Morgan fingerprint density at radius 1 is 1.37 bits per heavy atom. The molecule has 0 bridgehead atoms. The van der Waals surface area contributed by atoms with Crippen LogP contribution in [-0.2, 0) is 24.8 Å². The van der Waals surface area contributed by atoms with Gasteiger partial charge in [-0.1, -0.05) is 23.7 Å². The van der Waals surface area contributed by atoms with E-state index in [-0.39, 0.29) is 35.4 Å². The molecule has 2 aliphatic heterocycles. The van der Waals surface area contributed by atoms with Crippen LogP contribution in [0.1, 0.15) is 24.8 Å². The molecule has 0 saturated carbocycles. The second-order valence-electron chi connectivity index (χ2n) is 7.65. The van der Waals surface area contributed by atoms with Gasteiger partial charge >= 0.3 is 0 Å². The topological polar surface area (TPSA) is 75.7 Å². The molecular formula is C19H27ClN2O4S. The minimum absolute atomic E-state index is 0.0780. The van der Waals surface area contributed by atoms with Crippen LogP contribution in [-0.4, -0.2) is 70.1 Å². The summed E-state index contributed by atoms with van der Waals surface area (Å²) in [5, 5.41) is 3.74. The van der Waals surface area contributed by atoms with E-state index in [9.17, 15) is 13.2 Å². The van der Waals surface area contributed by atoms with Crippen LogP contribution in [0, 0.1) is 0 Å². The number of sulfone groups is 1. The second kappa shape index (κ2) is 8.47. The molecule has 1 N–H and O–H groups in total. The van der Waals surface area contributed by atoms with Gasteiger partial charge in [-0.15, -0.1) is 0 Å². The Labute approximate surface area is 166 Å². The second-order valence-corrected chi connectivity index (χ2v) is 10.3. The Kier molecular flexibility index (Phi) is 6.46. The quantitative estimate of drug-likeness (QED) is 0.765. The number of likely N-dealkylation sites (N-methyl/N-ethyl adjacent to an activating group) is 1. The number of ether oxygens (including phenoxy) is 1. The molecule has 0 aliphatic carbocycles. The Bertz CT molecular complexity index is 778. The highest BCUT2D eigenvalue weighted by molar-refractivity contribution is 7.91. The molecule has 3 rings (SSSR count). The van der Waals surface area contributed by atoms with Gasteiger partial charge in [-0.25, -0.2) is 8.42 Å². The third-order valence-corrected chi connectivity index (χ3v) is 7.72. The summed E-state index contributed by atoms with van der Waals surface area (Å²) < 4.78 is 28.8. The van der Waals surface area contributed by atoms with E-state index in [1.54, 1.807) is 0 Å². The summed E-state index contributed by atoms with van der Waals surface area (Å²) in [4.78, 5) is 14.3. The van der Waals surface area contributed by atoms with E-state index >= 15 is 0 Å². The van der Waals surface area contributed by atoms with Gasteiger partial charge < -0.3 is 10.1 Å². The van der Waals surface area contributed by atoms with Crippen molar-refractivity contribution in [3.05, 3.63) is 34.9 Å². The molecule has 1 amide bonds. The molecule has 2 saturated heterocycles.